The number of ether oxygens (including phenoxy) is 1. The van der Waals surface area contributed by atoms with E-state index in [-0.39, 0.29) is 6.10 Å². The second-order valence-corrected chi connectivity index (χ2v) is 10.9. The fourth-order valence-electron chi connectivity index (χ4n) is 6.57. The first kappa shape index (κ1) is 22.8. The van der Waals surface area contributed by atoms with Crippen LogP contribution in [-0.2, 0) is 9.53 Å². The summed E-state index contributed by atoms with van der Waals surface area (Å²) in [6.45, 7) is 4.17. The van der Waals surface area contributed by atoms with E-state index in [4.69, 9.17) is 9.84 Å². The van der Waals surface area contributed by atoms with E-state index in [9.17, 15) is 4.79 Å². The van der Waals surface area contributed by atoms with Gasteiger partial charge in [-0.25, -0.2) is 0 Å². The fourth-order valence-corrected chi connectivity index (χ4v) is 6.57. The summed E-state index contributed by atoms with van der Waals surface area (Å²) >= 11 is 0. The minimum atomic E-state index is -0.771. The third kappa shape index (κ3) is 5.92. The smallest absolute Gasteiger partial charge is 0.308 e. The number of carboxylic acids is 1. The predicted octanol–water partition coefficient (Wildman–Crippen LogP) is 6.66. The van der Waals surface area contributed by atoms with Crippen molar-refractivity contribution in [2.75, 3.05) is 6.61 Å². The monoisotopic (exact) mass is 426 g/mol. The first-order chi connectivity index (χ1) is 15.0. The predicted molar refractivity (Wildman–Crippen MR) is 126 cm³/mol. The number of rotatable bonds is 6. The molecule has 0 heterocycles. The number of carbonyl (C=O) groups is 1. The molecule has 3 fully saturated rings. The summed E-state index contributed by atoms with van der Waals surface area (Å²) in [5.74, 6) is 4.82. The molecule has 6 aliphatic rings. The van der Waals surface area contributed by atoms with Gasteiger partial charge in [0.1, 0.15) is 0 Å². The van der Waals surface area contributed by atoms with Crippen LogP contribution in [0.2, 0.25) is 0 Å². The molecule has 0 aromatic rings. The Kier molecular flexibility index (Phi) is 7.74. The highest BCUT2D eigenvalue weighted by molar-refractivity contribution is 5.69. The van der Waals surface area contributed by atoms with Gasteiger partial charge in [0.15, 0.2) is 0 Å². The molecule has 3 nitrogen and oxygen atoms in total. The van der Waals surface area contributed by atoms with Crippen LogP contribution in [0.4, 0.5) is 0 Å². The maximum absolute atomic E-state index is 10.8. The van der Waals surface area contributed by atoms with E-state index in [0.717, 1.165) is 36.0 Å². The van der Waals surface area contributed by atoms with Crippen molar-refractivity contribution < 1.29 is 14.6 Å². The van der Waals surface area contributed by atoms with Crippen LogP contribution >= 0.6 is 0 Å². The Labute approximate surface area is 189 Å². The highest BCUT2D eigenvalue weighted by Gasteiger charge is 2.40. The lowest BCUT2D eigenvalue weighted by Gasteiger charge is -2.28. The first-order valence-electron chi connectivity index (χ1n) is 12.9. The van der Waals surface area contributed by atoms with E-state index in [2.05, 4.69) is 43.4 Å². The Morgan fingerprint density at radius 1 is 0.839 bits per heavy atom. The van der Waals surface area contributed by atoms with Gasteiger partial charge < -0.3 is 9.84 Å². The van der Waals surface area contributed by atoms with E-state index >= 15 is 0 Å². The standard InChI is InChI=1S/C14H22O3.2C7H10/c1-3-13(17-8-9(2)14(15)16)12-7-10-4-5-11(12)6-10;2*1-2-7-4-3-6(1)5-7/h4-5,9-13H,3,6-8H2,1-2H3,(H,15,16);2*1-2,6-7H,3-5H2. The highest BCUT2D eigenvalue weighted by atomic mass is 16.5. The van der Waals surface area contributed by atoms with E-state index < -0.39 is 11.9 Å². The molecule has 6 bridgehead atoms. The van der Waals surface area contributed by atoms with Crippen molar-refractivity contribution >= 4 is 5.97 Å². The van der Waals surface area contributed by atoms with Crippen LogP contribution in [0.5, 0.6) is 0 Å². The van der Waals surface area contributed by atoms with Crippen molar-refractivity contribution in [3.05, 3.63) is 36.5 Å². The number of allylic oxidation sites excluding steroid dienone is 6. The summed E-state index contributed by atoms with van der Waals surface area (Å²) in [6, 6.07) is 0. The molecule has 0 aromatic carbocycles. The third-order valence-corrected chi connectivity index (χ3v) is 8.53. The SMILES string of the molecule is C1=CC2CCC1C2.C1=CC2CCC1C2.CCC(OCC(C)C(=O)O)C1CC2C=CC1C2. The minimum Gasteiger partial charge on any atom is -0.481 e. The summed E-state index contributed by atoms with van der Waals surface area (Å²) in [4.78, 5) is 10.8. The Hall–Kier alpha value is -1.35. The van der Waals surface area contributed by atoms with Gasteiger partial charge in [-0.15, -0.1) is 0 Å². The zero-order valence-electron chi connectivity index (χ0n) is 19.5. The molecule has 9 unspecified atom stereocenters. The molecule has 0 amide bonds. The Morgan fingerprint density at radius 2 is 1.35 bits per heavy atom. The Balaban J connectivity index is 0.000000133. The molecular weight excluding hydrogens is 384 g/mol. The molecule has 9 atom stereocenters. The lowest BCUT2D eigenvalue weighted by atomic mass is 9.87. The van der Waals surface area contributed by atoms with Crippen LogP contribution in [0.1, 0.15) is 71.6 Å². The summed E-state index contributed by atoms with van der Waals surface area (Å²) in [6.07, 6.45) is 26.7. The summed E-state index contributed by atoms with van der Waals surface area (Å²) in [5.41, 5.74) is 0. The van der Waals surface area contributed by atoms with Crippen LogP contribution in [-0.4, -0.2) is 23.8 Å². The summed E-state index contributed by atoms with van der Waals surface area (Å²) in [7, 11) is 0. The van der Waals surface area contributed by atoms with Gasteiger partial charge in [-0.1, -0.05) is 43.4 Å². The highest BCUT2D eigenvalue weighted by Crippen LogP contribution is 2.46. The van der Waals surface area contributed by atoms with E-state index in [0.29, 0.717) is 18.4 Å². The van der Waals surface area contributed by atoms with E-state index in [1.54, 1.807) is 6.92 Å². The number of fused-ring (bicyclic) bond motifs is 6. The van der Waals surface area contributed by atoms with Crippen LogP contribution in [0.3, 0.4) is 0 Å². The lowest BCUT2D eigenvalue weighted by molar-refractivity contribution is -0.144. The third-order valence-electron chi connectivity index (χ3n) is 8.53. The molecule has 0 spiro atoms. The lowest BCUT2D eigenvalue weighted by Crippen LogP contribution is -2.29. The summed E-state index contributed by atoms with van der Waals surface area (Å²) < 4.78 is 5.84. The quantitative estimate of drug-likeness (QED) is 0.483. The maximum Gasteiger partial charge on any atom is 0.308 e. The molecule has 6 rings (SSSR count). The van der Waals surface area contributed by atoms with Crippen molar-refractivity contribution in [1.82, 2.24) is 0 Å². The molecule has 31 heavy (non-hydrogen) atoms. The van der Waals surface area contributed by atoms with Gasteiger partial charge in [0.05, 0.1) is 18.6 Å². The van der Waals surface area contributed by atoms with E-state index in [1.807, 2.05) is 0 Å². The number of aliphatic carboxylic acids is 1. The molecule has 3 saturated carbocycles. The van der Waals surface area contributed by atoms with Gasteiger partial charge >= 0.3 is 5.97 Å². The molecule has 0 aliphatic heterocycles. The van der Waals surface area contributed by atoms with Crippen LogP contribution in [0.25, 0.3) is 0 Å². The van der Waals surface area contributed by atoms with Crippen molar-refractivity contribution in [1.29, 1.82) is 0 Å². The van der Waals surface area contributed by atoms with Gasteiger partial charge in [-0.3, -0.25) is 4.79 Å². The van der Waals surface area contributed by atoms with Crippen molar-refractivity contribution in [2.45, 2.75) is 77.7 Å². The molecule has 0 radical (unpaired) electrons. The molecule has 1 N–H and O–H groups in total. The normalized spacial score (nSPS) is 39.2. The topological polar surface area (TPSA) is 46.5 Å². The van der Waals surface area contributed by atoms with Gasteiger partial charge in [0, 0.05) is 0 Å². The number of hydrogen-bond donors (Lipinski definition) is 1. The number of carboxylic acid groups (broad SMARTS) is 1. The second-order valence-electron chi connectivity index (χ2n) is 10.9. The zero-order chi connectivity index (χ0) is 21.8. The van der Waals surface area contributed by atoms with Gasteiger partial charge in [-0.05, 0) is 106 Å². The molecular formula is C28H42O3. The van der Waals surface area contributed by atoms with Crippen molar-refractivity contribution in [2.24, 2.45) is 47.3 Å². The Bertz CT molecular complexity index is 640. The van der Waals surface area contributed by atoms with Gasteiger partial charge in [0.25, 0.3) is 0 Å². The van der Waals surface area contributed by atoms with Gasteiger partial charge in [-0.2, -0.15) is 0 Å². The molecule has 172 valence electrons. The largest absolute Gasteiger partial charge is 0.481 e. The average molecular weight is 427 g/mol. The van der Waals surface area contributed by atoms with Gasteiger partial charge in [0.2, 0.25) is 0 Å². The van der Waals surface area contributed by atoms with Crippen molar-refractivity contribution in [3.63, 3.8) is 0 Å². The van der Waals surface area contributed by atoms with Crippen LogP contribution in [0, 0.1) is 47.3 Å². The minimum absolute atomic E-state index is 0.233. The first-order valence-corrected chi connectivity index (χ1v) is 12.9. The summed E-state index contributed by atoms with van der Waals surface area (Å²) in [5, 5.41) is 8.85. The zero-order valence-corrected chi connectivity index (χ0v) is 19.5. The average Bonchev–Trinajstić information content (AvgIpc) is 3.62. The molecule has 0 aromatic heterocycles. The van der Waals surface area contributed by atoms with E-state index in [1.165, 1.54) is 51.4 Å². The maximum atomic E-state index is 10.8. The second kappa shape index (κ2) is 10.5. The molecule has 6 aliphatic carbocycles. The van der Waals surface area contributed by atoms with Crippen LogP contribution < -0.4 is 0 Å². The molecule has 3 heteroatoms. The Morgan fingerprint density at radius 3 is 1.65 bits per heavy atom. The van der Waals surface area contributed by atoms with Crippen LogP contribution in [0.15, 0.2) is 36.5 Å². The van der Waals surface area contributed by atoms with Crippen molar-refractivity contribution in [3.8, 4) is 0 Å². The molecule has 0 saturated heterocycles. The fraction of sp³-hybridized carbons (Fsp3) is 0.750. The number of hydrogen-bond acceptors (Lipinski definition) is 2.